The molecule has 1 fully saturated rings. The summed E-state index contributed by atoms with van der Waals surface area (Å²) in [5.74, 6) is 0.0180. The monoisotopic (exact) mass is 479 g/mol. The molecule has 1 aliphatic heterocycles. The number of halogens is 1. The third-order valence-electron chi connectivity index (χ3n) is 5.91. The second kappa shape index (κ2) is 9.29. The molecule has 13 heteroatoms. The lowest BCUT2D eigenvalue weighted by atomic mass is 10.2. The Morgan fingerprint density at radius 3 is 2.77 bits per heavy atom. The van der Waals surface area contributed by atoms with Crippen LogP contribution in [-0.4, -0.2) is 76.4 Å². The maximum Gasteiger partial charge on any atom is 0.208 e. The van der Waals surface area contributed by atoms with Gasteiger partial charge in [0.25, 0.3) is 0 Å². The zero-order valence-electron chi connectivity index (χ0n) is 18.5. The van der Waals surface area contributed by atoms with Crippen LogP contribution in [0.15, 0.2) is 49.2 Å². The normalized spacial score (nSPS) is 22.4. The smallest absolute Gasteiger partial charge is 0.208 e. The first-order chi connectivity index (χ1) is 17.0. The number of aliphatic hydroxyl groups is 2. The van der Waals surface area contributed by atoms with E-state index in [4.69, 9.17) is 0 Å². The summed E-state index contributed by atoms with van der Waals surface area (Å²) >= 11 is 0. The molecule has 4 N–H and O–H groups in total. The van der Waals surface area contributed by atoms with Crippen LogP contribution in [0.3, 0.4) is 0 Å². The first-order valence-electron chi connectivity index (χ1n) is 10.7. The number of hydrogen-bond acceptors (Lipinski definition) is 10. The van der Waals surface area contributed by atoms with Crippen molar-refractivity contribution in [3.8, 4) is 11.4 Å². The third-order valence-corrected chi connectivity index (χ3v) is 5.91. The van der Waals surface area contributed by atoms with Gasteiger partial charge in [-0.15, -0.1) is 0 Å². The Bertz CT molecular complexity index is 1350. The first-order valence-corrected chi connectivity index (χ1v) is 10.7. The van der Waals surface area contributed by atoms with E-state index in [0.717, 1.165) is 11.9 Å². The Balaban J connectivity index is 1.61. The molecule has 0 radical (unpaired) electrons. The Labute approximate surface area is 198 Å². The molecule has 0 bridgehead atoms. The number of carbonyl (C=O) groups excluding carboxylic acids is 1. The van der Waals surface area contributed by atoms with Crippen LogP contribution in [0.1, 0.15) is 11.9 Å². The highest BCUT2D eigenvalue weighted by molar-refractivity contribution is 5.85. The van der Waals surface area contributed by atoms with Gasteiger partial charge in [0, 0.05) is 18.0 Å². The van der Waals surface area contributed by atoms with Crippen LogP contribution in [0.4, 0.5) is 10.2 Å². The number of carbonyl (C=O) groups is 1. The molecular formula is C22H22FN9O3. The standard InChI is InChI=1S/C22H22FN9O3/c1-31-21(28-11-33)16(34)17(35)22(31)32-10-27-15-19(26-9-14-4-2-3-5-25-14)29-18(30-20(15)32)12-6-13(23)8-24-7-12/h2-8,10-11,16-17,21-22,34-35H,9H2,1H3,(H,28,33)(H,26,29,30)/t16-,17+,21-,22-/m0/s1. The Morgan fingerprint density at radius 1 is 1.17 bits per heavy atom. The van der Waals surface area contributed by atoms with E-state index < -0.39 is 30.4 Å². The first kappa shape index (κ1) is 22.7. The van der Waals surface area contributed by atoms with Crippen molar-refractivity contribution in [1.82, 2.24) is 39.7 Å². The Hall–Kier alpha value is -4.07. The summed E-state index contributed by atoms with van der Waals surface area (Å²) in [6.45, 7) is 0.344. The van der Waals surface area contributed by atoms with Crippen molar-refractivity contribution >= 4 is 23.4 Å². The summed E-state index contributed by atoms with van der Waals surface area (Å²) in [6, 6.07) is 6.80. The maximum absolute atomic E-state index is 13.9. The maximum atomic E-state index is 13.9. The second-order valence-corrected chi connectivity index (χ2v) is 8.08. The molecule has 0 aliphatic carbocycles. The lowest BCUT2D eigenvalue weighted by Crippen LogP contribution is -2.45. The minimum absolute atomic E-state index is 0.188. The van der Waals surface area contributed by atoms with E-state index in [1.54, 1.807) is 22.7 Å². The number of hydrogen-bond donors (Lipinski definition) is 4. The van der Waals surface area contributed by atoms with Crippen LogP contribution in [-0.2, 0) is 11.3 Å². The molecular weight excluding hydrogens is 457 g/mol. The zero-order chi connectivity index (χ0) is 24.5. The number of aromatic nitrogens is 6. The molecule has 0 unspecified atom stereocenters. The largest absolute Gasteiger partial charge is 0.387 e. The van der Waals surface area contributed by atoms with E-state index in [2.05, 4.69) is 35.6 Å². The van der Waals surface area contributed by atoms with Gasteiger partial charge in [-0.05, 0) is 25.2 Å². The highest BCUT2D eigenvalue weighted by atomic mass is 19.1. The van der Waals surface area contributed by atoms with Crippen molar-refractivity contribution < 1.29 is 19.4 Å². The highest BCUT2D eigenvalue weighted by Gasteiger charge is 2.47. The molecule has 0 spiro atoms. The average Bonchev–Trinajstić information content (AvgIpc) is 3.37. The molecule has 12 nitrogen and oxygen atoms in total. The van der Waals surface area contributed by atoms with Gasteiger partial charge < -0.3 is 20.8 Å². The summed E-state index contributed by atoms with van der Waals surface area (Å²) < 4.78 is 15.5. The molecule has 1 aliphatic rings. The van der Waals surface area contributed by atoms with Crippen molar-refractivity contribution in [1.29, 1.82) is 0 Å². The van der Waals surface area contributed by atoms with Gasteiger partial charge in [0.1, 0.15) is 30.4 Å². The number of likely N-dealkylation sites (N-methyl/N-ethyl adjacent to an activating group) is 1. The number of aliphatic hydroxyl groups excluding tert-OH is 2. The minimum Gasteiger partial charge on any atom is -0.387 e. The molecule has 5 heterocycles. The van der Waals surface area contributed by atoms with Crippen LogP contribution in [0.25, 0.3) is 22.6 Å². The molecule has 0 saturated carbocycles. The summed E-state index contributed by atoms with van der Waals surface area (Å²) in [5.41, 5.74) is 1.85. The number of rotatable bonds is 7. The minimum atomic E-state index is -1.26. The van der Waals surface area contributed by atoms with Crippen LogP contribution >= 0.6 is 0 Å². The Morgan fingerprint density at radius 2 is 2.03 bits per heavy atom. The van der Waals surface area contributed by atoms with E-state index in [1.807, 2.05) is 18.2 Å². The van der Waals surface area contributed by atoms with Crippen molar-refractivity contribution in [3.05, 3.63) is 60.7 Å². The topological polar surface area (TPSA) is 154 Å². The summed E-state index contributed by atoms with van der Waals surface area (Å²) in [5, 5.41) is 27.0. The fraction of sp³-hybridized carbons (Fsp3) is 0.273. The molecule has 0 aromatic carbocycles. The molecule has 4 atom stereocenters. The van der Waals surface area contributed by atoms with Gasteiger partial charge in [0.15, 0.2) is 22.8 Å². The SMILES string of the molecule is CN1[C@H](NC=O)[C@@H](O)[C@@H](O)[C@@H]1n1cnc2c(NCc3ccccn3)nc(-c3cncc(F)c3)nc21. The number of imidazole rings is 1. The predicted octanol–water partition coefficient (Wildman–Crippen LogP) is 0.272. The van der Waals surface area contributed by atoms with Gasteiger partial charge in [0.05, 0.1) is 24.8 Å². The molecule has 1 saturated heterocycles. The fourth-order valence-corrected chi connectivity index (χ4v) is 4.23. The molecule has 180 valence electrons. The van der Waals surface area contributed by atoms with Gasteiger partial charge in [-0.25, -0.2) is 19.3 Å². The van der Waals surface area contributed by atoms with Crippen LogP contribution in [0.5, 0.6) is 0 Å². The molecule has 1 amide bonds. The van der Waals surface area contributed by atoms with Gasteiger partial charge in [-0.1, -0.05) is 6.07 Å². The number of likely N-dealkylation sites (tertiary alicyclic amines) is 1. The van der Waals surface area contributed by atoms with Gasteiger partial charge in [-0.3, -0.25) is 24.2 Å². The van der Waals surface area contributed by atoms with E-state index in [-0.39, 0.29) is 5.82 Å². The van der Waals surface area contributed by atoms with E-state index in [0.29, 0.717) is 35.5 Å². The predicted molar refractivity (Wildman–Crippen MR) is 122 cm³/mol. The van der Waals surface area contributed by atoms with E-state index >= 15 is 0 Å². The number of amides is 1. The molecule has 35 heavy (non-hydrogen) atoms. The van der Waals surface area contributed by atoms with Gasteiger partial charge in [0.2, 0.25) is 6.41 Å². The lowest BCUT2D eigenvalue weighted by Gasteiger charge is -2.26. The Kier molecular flexibility index (Phi) is 6.03. The number of anilines is 1. The van der Waals surface area contributed by atoms with Gasteiger partial charge >= 0.3 is 0 Å². The number of fused-ring (bicyclic) bond motifs is 1. The van der Waals surface area contributed by atoms with E-state index in [9.17, 15) is 19.4 Å². The number of nitrogens with one attached hydrogen (secondary N) is 2. The summed E-state index contributed by atoms with van der Waals surface area (Å²) in [7, 11) is 1.65. The van der Waals surface area contributed by atoms with Crippen molar-refractivity contribution in [3.63, 3.8) is 0 Å². The van der Waals surface area contributed by atoms with Crippen LogP contribution in [0.2, 0.25) is 0 Å². The van der Waals surface area contributed by atoms with Crippen molar-refractivity contribution in [2.24, 2.45) is 0 Å². The van der Waals surface area contributed by atoms with Crippen LogP contribution in [0, 0.1) is 5.82 Å². The zero-order valence-corrected chi connectivity index (χ0v) is 18.5. The van der Waals surface area contributed by atoms with Crippen molar-refractivity contribution in [2.45, 2.75) is 31.1 Å². The summed E-state index contributed by atoms with van der Waals surface area (Å²) in [6.07, 6.45) is 2.01. The average molecular weight is 479 g/mol. The molecule has 5 rings (SSSR count). The molecule has 4 aromatic rings. The fourth-order valence-electron chi connectivity index (χ4n) is 4.23. The van der Waals surface area contributed by atoms with Gasteiger partial charge in [-0.2, -0.15) is 0 Å². The quantitative estimate of drug-likeness (QED) is 0.272. The highest BCUT2D eigenvalue weighted by Crippen LogP contribution is 2.34. The van der Waals surface area contributed by atoms with E-state index in [1.165, 1.54) is 18.6 Å². The van der Waals surface area contributed by atoms with Crippen molar-refractivity contribution in [2.75, 3.05) is 12.4 Å². The third kappa shape index (κ3) is 4.16. The molecule has 4 aromatic heterocycles. The lowest BCUT2D eigenvalue weighted by molar-refractivity contribution is -0.112. The van der Waals surface area contributed by atoms with Crippen LogP contribution < -0.4 is 10.6 Å². The summed E-state index contributed by atoms with van der Waals surface area (Å²) in [4.78, 5) is 34.4. The number of pyridine rings is 2. The second-order valence-electron chi connectivity index (χ2n) is 8.08. The number of nitrogens with zero attached hydrogens (tertiary/aromatic N) is 7.